The van der Waals surface area contributed by atoms with Gasteiger partial charge in [0.1, 0.15) is 5.78 Å². The average Bonchev–Trinajstić information content (AvgIpc) is 2.99. The van der Waals surface area contributed by atoms with Gasteiger partial charge in [-0.15, -0.1) is 0 Å². The molecular weight excluding hydrogens is 584 g/mol. The summed E-state index contributed by atoms with van der Waals surface area (Å²) in [6.45, 7) is 14.1. The second-order valence-electron chi connectivity index (χ2n) is 15.2. The molecule has 0 saturated heterocycles. The van der Waals surface area contributed by atoms with E-state index in [0.717, 1.165) is 57.8 Å². The van der Waals surface area contributed by atoms with E-state index in [0.29, 0.717) is 44.4 Å². The first-order chi connectivity index (χ1) is 21.5. The van der Waals surface area contributed by atoms with E-state index >= 15 is 0 Å². The van der Waals surface area contributed by atoms with Crippen molar-refractivity contribution in [3.05, 3.63) is 12.2 Å². The van der Waals surface area contributed by atoms with Gasteiger partial charge in [-0.1, -0.05) is 72.8 Å². The molecule has 0 saturated carbocycles. The van der Waals surface area contributed by atoms with Crippen LogP contribution in [0, 0.1) is 29.6 Å². The Balaban J connectivity index is 2.40. The molecule has 4 N–H and O–H groups in total. The van der Waals surface area contributed by atoms with Gasteiger partial charge in [0.25, 0.3) is 0 Å². The summed E-state index contributed by atoms with van der Waals surface area (Å²) in [6, 6.07) is 0. The number of carbonyl (C=O) groups excluding carboxylic acids is 2. The normalized spacial score (nSPS) is 24.3. The van der Waals surface area contributed by atoms with Crippen LogP contribution in [-0.4, -0.2) is 69.0 Å². The largest absolute Gasteiger partial charge is 0.469 e. The van der Waals surface area contributed by atoms with Crippen LogP contribution in [0.2, 0.25) is 0 Å². The van der Waals surface area contributed by atoms with E-state index in [1.165, 1.54) is 7.11 Å². The van der Waals surface area contributed by atoms with Gasteiger partial charge < -0.3 is 29.9 Å². The fourth-order valence-electron chi connectivity index (χ4n) is 6.96. The summed E-state index contributed by atoms with van der Waals surface area (Å²) >= 11 is 0. The third kappa shape index (κ3) is 17.2. The van der Waals surface area contributed by atoms with E-state index in [1.807, 2.05) is 33.8 Å². The van der Waals surface area contributed by atoms with Crippen LogP contribution >= 0.6 is 0 Å². The zero-order valence-electron chi connectivity index (χ0n) is 30.5. The molecule has 0 aliphatic carbocycles. The maximum Gasteiger partial charge on any atom is 0.308 e. The Bertz CT molecular complexity index is 886. The van der Waals surface area contributed by atoms with Gasteiger partial charge in [0.2, 0.25) is 0 Å². The van der Waals surface area contributed by atoms with Crippen LogP contribution in [0.15, 0.2) is 12.2 Å². The summed E-state index contributed by atoms with van der Waals surface area (Å²) in [6.07, 6.45) is 14.3. The van der Waals surface area contributed by atoms with Gasteiger partial charge in [-0.3, -0.25) is 9.59 Å². The molecule has 46 heavy (non-hydrogen) atoms. The molecular formula is C38H70O8. The summed E-state index contributed by atoms with van der Waals surface area (Å²) in [4.78, 5) is 24.2. The number of rotatable bonds is 25. The summed E-state index contributed by atoms with van der Waals surface area (Å²) in [5.41, 5.74) is -0.808. The molecule has 1 heterocycles. The average molecular weight is 655 g/mol. The van der Waals surface area contributed by atoms with Gasteiger partial charge in [-0.2, -0.15) is 0 Å². The quantitative estimate of drug-likeness (QED) is 0.0458. The molecule has 0 bridgehead atoms. The van der Waals surface area contributed by atoms with E-state index in [2.05, 4.69) is 25.5 Å². The minimum atomic E-state index is -1.35. The van der Waals surface area contributed by atoms with Gasteiger partial charge in [-0.25, -0.2) is 0 Å². The minimum Gasteiger partial charge on any atom is -0.469 e. The molecule has 0 fully saturated rings. The minimum absolute atomic E-state index is 0.00242. The van der Waals surface area contributed by atoms with Crippen molar-refractivity contribution < 1.29 is 39.5 Å². The highest BCUT2D eigenvalue weighted by Gasteiger charge is 2.38. The highest BCUT2D eigenvalue weighted by Crippen LogP contribution is 2.35. The standard InChI is InChI=1S/C38H70O8/c1-9-32(31(6)39)15-12-21-37(7,43)23-20-34-17-13-22-38(44,46-34)30(5)25-28(3)18-19-35(41)29(4)24-27(2)14-10-11-16-33(40)26-36(42)45-8/h13,22,27-34,39-40,43-44H,9-12,14-21,23-26H2,1-8H3/t27-,28?,29?,30?,31?,32?,33?,34?,37-,38?/m1/s1. The highest BCUT2D eigenvalue weighted by atomic mass is 16.6. The first-order valence-electron chi connectivity index (χ1n) is 18.3. The molecule has 0 aromatic heterocycles. The van der Waals surface area contributed by atoms with Crippen molar-refractivity contribution >= 4 is 11.8 Å². The lowest BCUT2D eigenvalue weighted by Gasteiger charge is -2.39. The number of hydrogen-bond donors (Lipinski definition) is 4. The fourth-order valence-corrected chi connectivity index (χ4v) is 6.96. The third-order valence-corrected chi connectivity index (χ3v) is 10.4. The van der Waals surface area contributed by atoms with Crippen molar-refractivity contribution in [1.29, 1.82) is 0 Å². The van der Waals surface area contributed by atoms with Crippen LogP contribution in [0.1, 0.15) is 151 Å². The van der Waals surface area contributed by atoms with Crippen molar-refractivity contribution in [2.45, 2.75) is 181 Å². The lowest BCUT2D eigenvalue weighted by atomic mass is 9.84. The number of ketones is 1. The molecule has 0 aromatic rings. The van der Waals surface area contributed by atoms with Crippen molar-refractivity contribution in [2.24, 2.45) is 29.6 Å². The fraction of sp³-hybridized carbons (Fsp3) is 0.895. The monoisotopic (exact) mass is 655 g/mol. The Morgan fingerprint density at radius 3 is 2.26 bits per heavy atom. The van der Waals surface area contributed by atoms with Crippen LogP contribution in [-0.2, 0) is 19.1 Å². The summed E-state index contributed by atoms with van der Waals surface area (Å²) < 4.78 is 10.8. The number of ether oxygens (including phenoxy) is 2. The topological polar surface area (TPSA) is 134 Å². The number of unbranched alkanes of at least 4 members (excludes halogenated alkanes) is 1. The molecule has 0 aromatic carbocycles. The molecule has 10 atom stereocenters. The number of Topliss-reactive ketones (excluding diaryl/α,β-unsaturated/α-hetero) is 1. The Labute approximate surface area is 280 Å². The van der Waals surface area contributed by atoms with Crippen molar-refractivity contribution in [2.75, 3.05) is 7.11 Å². The summed E-state index contributed by atoms with van der Waals surface area (Å²) in [5.74, 6) is -0.640. The van der Waals surface area contributed by atoms with Gasteiger partial charge in [0.15, 0.2) is 5.79 Å². The van der Waals surface area contributed by atoms with Gasteiger partial charge in [0.05, 0.1) is 37.4 Å². The smallest absolute Gasteiger partial charge is 0.308 e. The van der Waals surface area contributed by atoms with E-state index in [-0.39, 0.29) is 54.1 Å². The van der Waals surface area contributed by atoms with E-state index < -0.39 is 17.5 Å². The lowest BCUT2D eigenvalue weighted by Crippen LogP contribution is -2.44. The third-order valence-electron chi connectivity index (χ3n) is 10.4. The Morgan fingerprint density at radius 2 is 1.63 bits per heavy atom. The number of methoxy groups -OCH3 is 1. The zero-order valence-corrected chi connectivity index (χ0v) is 30.5. The maximum absolute atomic E-state index is 12.9. The molecule has 0 spiro atoms. The van der Waals surface area contributed by atoms with E-state index in [9.17, 15) is 30.0 Å². The summed E-state index contributed by atoms with van der Waals surface area (Å²) in [7, 11) is 1.33. The molecule has 8 heteroatoms. The molecule has 270 valence electrons. The predicted molar refractivity (Wildman–Crippen MR) is 184 cm³/mol. The molecule has 0 radical (unpaired) electrons. The lowest BCUT2D eigenvalue weighted by molar-refractivity contribution is -0.234. The molecule has 1 rings (SSSR count). The molecule has 1 aliphatic rings. The van der Waals surface area contributed by atoms with Crippen LogP contribution in [0.5, 0.6) is 0 Å². The van der Waals surface area contributed by atoms with Crippen molar-refractivity contribution in [3.63, 3.8) is 0 Å². The number of hydrogen-bond acceptors (Lipinski definition) is 8. The Morgan fingerprint density at radius 1 is 0.978 bits per heavy atom. The summed E-state index contributed by atoms with van der Waals surface area (Å²) in [5, 5.41) is 42.2. The second kappa shape index (κ2) is 21.6. The van der Waals surface area contributed by atoms with Gasteiger partial charge in [0, 0.05) is 18.3 Å². The van der Waals surface area contributed by atoms with Crippen LogP contribution < -0.4 is 0 Å². The van der Waals surface area contributed by atoms with E-state index in [1.54, 1.807) is 6.08 Å². The Kier molecular flexibility index (Phi) is 20.1. The SMILES string of the molecule is CCC(CCC[C@@](C)(O)CCC1CC=CC(O)(C(C)CC(C)CCC(=O)C(C)C[C@H](C)CCCCC(O)CC(=O)OC)O1)C(C)O. The van der Waals surface area contributed by atoms with Crippen molar-refractivity contribution in [1.82, 2.24) is 0 Å². The zero-order chi connectivity index (χ0) is 34.9. The molecule has 0 amide bonds. The molecule has 8 nitrogen and oxygen atoms in total. The van der Waals surface area contributed by atoms with Crippen LogP contribution in [0.3, 0.4) is 0 Å². The number of carbonyl (C=O) groups is 2. The maximum atomic E-state index is 12.9. The van der Waals surface area contributed by atoms with Gasteiger partial charge in [-0.05, 0) is 95.5 Å². The number of aliphatic hydroxyl groups is 4. The van der Waals surface area contributed by atoms with Crippen LogP contribution in [0.25, 0.3) is 0 Å². The highest BCUT2D eigenvalue weighted by molar-refractivity contribution is 5.80. The first-order valence-corrected chi connectivity index (χ1v) is 18.3. The Hall–Kier alpha value is -1.32. The molecule has 1 aliphatic heterocycles. The second-order valence-corrected chi connectivity index (χ2v) is 15.2. The number of aliphatic hydroxyl groups excluding tert-OH is 2. The molecule has 8 unspecified atom stereocenters. The number of esters is 1. The van der Waals surface area contributed by atoms with E-state index in [4.69, 9.17) is 4.74 Å². The predicted octanol–water partition coefficient (Wildman–Crippen LogP) is 7.29. The van der Waals surface area contributed by atoms with Crippen molar-refractivity contribution in [3.8, 4) is 0 Å². The van der Waals surface area contributed by atoms with Gasteiger partial charge >= 0.3 is 5.97 Å². The first kappa shape index (κ1) is 42.7. The van der Waals surface area contributed by atoms with Crippen LogP contribution in [0.4, 0.5) is 0 Å².